The summed E-state index contributed by atoms with van der Waals surface area (Å²) in [6.07, 6.45) is 4.00. The van der Waals surface area contributed by atoms with E-state index in [1.165, 1.54) is 9.13 Å². The van der Waals surface area contributed by atoms with Crippen LogP contribution in [0.15, 0.2) is 35.3 Å². The van der Waals surface area contributed by atoms with Crippen molar-refractivity contribution < 1.29 is 9.53 Å². The molecule has 2 aromatic heterocycles. The molecular formula is C19H21N5O3. The molecule has 0 spiro atoms. The summed E-state index contributed by atoms with van der Waals surface area (Å²) in [5, 5.41) is 0. The topological polar surface area (TPSA) is 82.2 Å². The number of aryl methyl sites for hydroxylation is 1. The van der Waals surface area contributed by atoms with Crippen molar-refractivity contribution in [1.82, 2.24) is 24.0 Å². The number of nitrogens with zero attached hydrogens (tertiary/aromatic N) is 5. The smallest absolute Gasteiger partial charge is 0.338 e. The lowest BCUT2D eigenvalue weighted by Crippen LogP contribution is -2.38. The van der Waals surface area contributed by atoms with E-state index in [0.29, 0.717) is 36.5 Å². The number of likely N-dealkylation sites (tertiary alicyclic amines) is 1. The number of methoxy groups -OCH3 is 1. The molecule has 0 bridgehead atoms. The van der Waals surface area contributed by atoms with Crippen molar-refractivity contribution in [3.05, 3.63) is 52.3 Å². The van der Waals surface area contributed by atoms with E-state index in [1.807, 2.05) is 24.3 Å². The number of aromatic nitrogens is 4. The molecule has 8 nitrogen and oxygen atoms in total. The Balaban J connectivity index is 1.71. The first-order chi connectivity index (χ1) is 13.1. The van der Waals surface area contributed by atoms with Crippen LogP contribution < -0.4 is 10.4 Å². The van der Waals surface area contributed by atoms with E-state index in [-0.39, 0.29) is 6.03 Å². The maximum Gasteiger partial charge on any atom is 0.338 e. The number of carbonyl (C=O) groups is 1. The average Bonchev–Trinajstić information content (AvgIpc) is 3.30. The second kappa shape index (κ2) is 6.86. The van der Waals surface area contributed by atoms with E-state index in [1.54, 1.807) is 25.3 Å². The number of benzene rings is 1. The maximum absolute atomic E-state index is 12.7. The van der Waals surface area contributed by atoms with E-state index in [0.717, 1.165) is 24.2 Å². The summed E-state index contributed by atoms with van der Waals surface area (Å²) in [6.45, 7) is 1.35. The molecule has 140 valence electrons. The standard InChI is InChI=1S/C19H21N5O3/c1-22-17-15(24(18(22)25)19(26)23-8-3-4-9-23)12-20-16(21-17)11-13-6-5-7-14(10-13)27-2/h5-7,10,12H,3-4,8-9,11H2,1-2H3. The van der Waals surface area contributed by atoms with Gasteiger partial charge in [-0.15, -0.1) is 0 Å². The number of hydrogen-bond donors (Lipinski definition) is 0. The molecule has 27 heavy (non-hydrogen) atoms. The van der Waals surface area contributed by atoms with Gasteiger partial charge in [-0.1, -0.05) is 12.1 Å². The molecule has 0 unspecified atom stereocenters. The van der Waals surface area contributed by atoms with Crippen molar-refractivity contribution in [2.75, 3.05) is 20.2 Å². The number of rotatable bonds is 3. The molecule has 1 aromatic carbocycles. The first-order valence-electron chi connectivity index (χ1n) is 8.94. The highest BCUT2D eigenvalue weighted by atomic mass is 16.5. The number of ether oxygens (including phenoxy) is 1. The fraction of sp³-hybridized carbons (Fsp3) is 0.368. The Bertz CT molecular complexity index is 1060. The van der Waals surface area contributed by atoms with E-state index >= 15 is 0 Å². The highest BCUT2D eigenvalue weighted by Crippen LogP contribution is 2.17. The molecule has 0 aliphatic carbocycles. The van der Waals surface area contributed by atoms with Crippen LogP contribution in [0.5, 0.6) is 5.75 Å². The van der Waals surface area contributed by atoms with Crippen molar-refractivity contribution in [2.45, 2.75) is 19.3 Å². The van der Waals surface area contributed by atoms with Gasteiger partial charge in [0.25, 0.3) is 0 Å². The number of fused-ring (bicyclic) bond motifs is 1. The van der Waals surface area contributed by atoms with Gasteiger partial charge in [0.05, 0.1) is 13.3 Å². The van der Waals surface area contributed by atoms with Crippen LogP contribution in [-0.4, -0.2) is 50.2 Å². The van der Waals surface area contributed by atoms with Crippen molar-refractivity contribution in [1.29, 1.82) is 0 Å². The molecule has 0 N–H and O–H groups in total. The van der Waals surface area contributed by atoms with Crippen molar-refractivity contribution in [3.8, 4) is 5.75 Å². The number of imidazole rings is 1. The van der Waals surface area contributed by atoms with Gasteiger partial charge >= 0.3 is 11.7 Å². The van der Waals surface area contributed by atoms with Gasteiger partial charge in [-0.2, -0.15) is 0 Å². The predicted octanol–water partition coefficient (Wildman–Crippen LogP) is 1.79. The normalized spacial score (nSPS) is 14.1. The van der Waals surface area contributed by atoms with E-state index in [4.69, 9.17) is 4.74 Å². The SMILES string of the molecule is COc1cccc(Cc2ncc3c(n2)n(C)c(=O)n3C(=O)N2CCCC2)c1. The van der Waals surface area contributed by atoms with Crippen LogP contribution in [0.4, 0.5) is 4.79 Å². The summed E-state index contributed by atoms with van der Waals surface area (Å²) in [5.74, 6) is 1.35. The van der Waals surface area contributed by atoms with Gasteiger partial charge in [-0.25, -0.2) is 24.1 Å². The molecule has 0 atom stereocenters. The Morgan fingerprint density at radius 1 is 1.26 bits per heavy atom. The Kier molecular flexibility index (Phi) is 4.39. The molecule has 1 amide bonds. The molecule has 8 heteroatoms. The lowest BCUT2D eigenvalue weighted by molar-refractivity contribution is 0.210. The Hall–Kier alpha value is -3.16. The summed E-state index contributed by atoms with van der Waals surface area (Å²) in [4.78, 5) is 36.0. The zero-order valence-electron chi connectivity index (χ0n) is 15.4. The lowest BCUT2D eigenvalue weighted by Gasteiger charge is -2.14. The van der Waals surface area contributed by atoms with Crippen LogP contribution in [0.3, 0.4) is 0 Å². The van der Waals surface area contributed by atoms with Crippen LogP contribution in [-0.2, 0) is 13.5 Å². The molecule has 1 fully saturated rings. The highest BCUT2D eigenvalue weighted by Gasteiger charge is 2.25. The largest absolute Gasteiger partial charge is 0.497 e. The second-order valence-electron chi connectivity index (χ2n) is 6.68. The van der Waals surface area contributed by atoms with E-state index in [2.05, 4.69) is 9.97 Å². The fourth-order valence-electron chi connectivity index (χ4n) is 3.43. The number of carbonyl (C=O) groups excluding carboxylic acids is 1. The lowest BCUT2D eigenvalue weighted by atomic mass is 10.1. The molecule has 0 radical (unpaired) electrons. The summed E-state index contributed by atoms with van der Waals surface area (Å²) in [6, 6.07) is 7.38. The molecule has 1 aliphatic heterocycles. The van der Waals surface area contributed by atoms with Gasteiger partial charge in [-0.3, -0.25) is 4.57 Å². The van der Waals surface area contributed by atoms with E-state index < -0.39 is 5.69 Å². The Morgan fingerprint density at radius 3 is 2.78 bits per heavy atom. The van der Waals surface area contributed by atoms with Gasteiger partial charge in [0.1, 0.15) is 17.1 Å². The Morgan fingerprint density at radius 2 is 2.04 bits per heavy atom. The van der Waals surface area contributed by atoms with Gasteiger partial charge in [0.15, 0.2) is 5.65 Å². The van der Waals surface area contributed by atoms with Gasteiger partial charge < -0.3 is 9.64 Å². The van der Waals surface area contributed by atoms with Gasteiger partial charge in [0, 0.05) is 26.6 Å². The van der Waals surface area contributed by atoms with Crippen LogP contribution in [0.1, 0.15) is 24.2 Å². The first-order valence-corrected chi connectivity index (χ1v) is 8.94. The second-order valence-corrected chi connectivity index (χ2v) is 6.68. The van der Waals surface area contributed by atoms with Crippen molar-refractivity contribution >= 4 is 17.2 Å². The number of hydrogen-bond acceptors (Lipinski definition) is 5. The minimum absolute atomic E-state index is 0.299. The molecular weight excluding hydrogens is 346 g/mol. The molecule has 4 rings (SSSR count). The monoisotopic (exact) mass is 367 g/mol. The average molecular weight is 367 g/mol. The van der Waals surface area contributed by atoms with Gasteiger partial charge in [-0.05, 0) is 30.5 Å². The van der Waals surface area contributed by atoms with Crippen molar-refractivity contribution in [3.63, 3.8) is 0 Å². The fourth-order valence-corrected chi connectivity index (χ4v) is 3.43. The summed E-state index contributed by atoms with van der Waals surface area (Å²) in [5.41, 5.74) is 1.51. The maximum atomic E-state index is 12.7. The van der Waals surface area contributed by atoms with Crippen LogP contribution in [0.25, 0.3) is 11.2 Å². The van der Waals surface area contributed by atoms with Gasteiger partial charge in [0.2, 0.25) is 0 Å². The van der Waals surface area contributed by atoms with Crippen LogP contribution in [0, 0.1) is 0 Å². The predicted molar refractivity (Wildman–Crippen MR) is 100 cm³/mol. The molecule has 3 heterocycles. The third-order valence-electron chi connectivity index (χ3n) is 4.90. The first kappa shape index (κ1) is 17.3. The Labute approximate surface area is 156 Å². The third-order valence-corrected chi connectivity index (χ3v) is 4.90. The van der Waals surface area contributed by atoms with Crippen LogP contribution in [0.2, 0.25) is 0 Å². The zero-order chi connectivity index (χ0) is 19.0. The van der Waals surface area contributed by atoms with Crippen LogP contribution >= 0.6 is 0 Å². The van der Waals surface area contributed by atoms with Crippen molar-refractivity contribution in [2.24, 2.45) is 7.05 Å². The highest BCUT2D eigenvalue weighted by molar-refractivity contribution is 5.87. The molecule has 1 saturated heterocycles. The third kappa shape index (κ3) is 3.07. The minimum atomic E-state index is -0.394. The number of amides is 1. The summed E-state index contributed by atoms with van der Waals surface area (Å²) < 4.78 is 7.82. The molecule has 1 aliphatic rings. The van der Waals surface area contributed by atoms with E-state index in [9.17, 15) is 9.59 Å². The minimum Gasteiger partial charge on any atom is -0.497 e. The molecule has 0 saturated carbocycles. The zero-order valence-corrected chi connectivity index (χ0v) is 15.4. The quantitative estimate of drug-likeness (QED) is 0.705. The summed E-state index contributed by atoms with van der Waals surface area (Å²) >= 11 is 0. The molecule has 3 aromatic rings. The summed E-state index contributed by atoms with van der Waals surface area (Å²) in [7, 11) is 3.25.